The maximum absolute atomic E-state index is 13.7. The van der Waals surface area contributed by atoms with E-state index in [0.29, 0.717) is 5.75 Å². The van der Waals surface area contributed by atoms with Crippen molar-refractivity contribution in [3.05, 3.63) is 29.3 Å². The number of esters is 1. The second-order valence-corrected chi connectivity index (χ2v) is 5.91. The van der Waals surface area contributed by atoms with Crippen LogP contribution in [0.1, 0.15) is 24.8 Å². The molecule has 0 bridgehead atoms. The number of hydrogen-bond acceptors (Lipinski definition) is 4. The highest BCUT2D eigenvalue weighted by atomic mass is 32.2. The van der Waals surface area contributed by atoms with Gasteiger partial charge in [0.2, 0.25) is 0 Å². The molecule has 0 amide bonds. The van der Waals surface area contributed by atoms with Crippen molar-refractivity contribution >= 4 is 17.7 Å². The number of ether oxygens (including phenoxy) is 1. The number of halogens is 2. The first-order valence-corrected chi connectivity index (χ1v) is 7.07. The van der Waals surface area contributed by atoms with E-state index in [1.54, 1.807) is 6.07 Å². The molecule has 0 unspecified atom stereocenters. The standard InChI is InChI=1S/C14H13F2NO2S/c1-19-12(18)6-14(2-3-14)8-20-13-10(15)4-9(7-17)5-11(13)16/h4-5H,2-3,6,8H2,1H3. The first kappa shape index (κ1) is 14.8. The number of benzene rings is 1. The van der Waals surface area contributed by atoms with Crippen molar-refractivity contribution in [2.75, 3.05) is 12.9 Å². The number of methoxy groups -OCH3 is 1. The monoisotopic (exact) mass is 297 g/mol. The minimum absolute atomic E-state index is 0.0416. The van der Waals surface area contributed by atoms with Crippen LogP contribution in [0.2, 0.25) is 0 Å². The summed E-state index contributed by atoms with van der Waals surface area (Å²) in [6, 6.07) is 3.74. The molecule has 3 nitrogen and oxygen atoms in total. The van der Waals surface area contributed by atoms with Gasteiger partial charge in [0.1, 0.15) is 11.6 Å². The topological polar surface area (TPSA) is 50.1 Å². The average molecular weight is 297 g/mol. The number of nitrogens with zero attached hydrogens (tertiary/aromatic N) is 1. The summed E-state index contributed by atoms with van der Waals surface area (Å²) in [4.78, 5) is 11.2. The Kier molecular flexibility index (Phi) is 4.29. The SMILES string of the molecule is COC(=O)CC1(CSc2c(F)cc(C#N)cc2F)CC1. The molecule has 0 heterocycles. The molecule has 0 saturated heterocycles. The molecular weight excluding hydrogens is 284 g/mol. The van der Waals surface area contributed by atoms with Crippen LogP contribution in [-0.4, -0.2) is 18.8 Å². The Hall–Kier alpha value is -1.61. The van der Waals surface area contributed by atoms with Crippen molar-refractivity contribution < 1.29 is 18.3 Å². The second kappa shape index (κ2) is 5.80. The summed E-state index contributed by atoms with van der Waals surface area (Å²) in [5.41, 5.74) is -0.245. The molecule has 1 aliphatic carbocycles. The fourth-order valence-corrected chi connectivity index (χ4v) is 3.15. The fraction of sp³-hybridized carbons (Fsp3) is 0.429. The van der Waals surface area contributed by atoms with E-state index in [0.717, 1.165) is 36.7 Å². The normalized spacial score (nSPS) is 15.5. The Bertz CT molecular complexity index is 556. The molecule has 0 N–H and O–H groups in total. The van der Waals surface area contributed by atoms with Crippen LogP contribution in [0, 0.1) is 28.4 Å². The van der Waals surface area contributed by atoms with Gasteiger partial charge in [-0.25, -0.2) is 8.78 Å². The van der Waals surface area contributed by atoms with Gasteiger partial charge < -0.3 is 4.74 Å². The van der Waals surface area contributed by atoms with Crippen molar-refractivity contribution in [1.29, 1.82) is 5.26 Å². The summed E-state index contributed by atoms with van der Waals surface area (Å²) in [6.07, 6.45) is 1.99. The molecule has 0 aromatic heterocycles. The molecule has 0 spiro atoms. The predicted octanol–water partition coefficient (Wildman–Crippen LogP) is 3.27. The zero-order chi connectivity index (χ0) is 14.8. The van der Waals surface area contributed by atoms with Crippen molar-refractivity contribution in [1.82, 2.24) is 0 Å². The van der Waals surface area contributed by atoms with Gasteiger partial charge in [-0.3, -0.25) is 4.79 Å². The molecule has 0 aliphatic heterocycles. The molecule has 0 radical (unpaired) electrons. The van der Waals surface area contributed by atoms with E-state index >= 15 is 0 Å². The van der Waals surface area contributed by atoms with Crippen LogP contribution in [-0.2, 0) is 9.53 Å². The van der Waals surface area contributed by atoms with Crippen LogP contribution in [0.25, 0.3) is 0 Å². The van der Waals surface area contributed by atoms with Gasteiger partial charge in [-0.15, -0.1) is 11.8 Å². The highest BCUT2D eigenvalue weighted by molar-refractivity contribution is 7.99. The number of thioether (sulfide) groups is 1. The highest BCUT2D eigenvalue weighted by Crippen LogP contribution is 2.52. The van der Waals surface area contributed by atoms with Crippen LogP contribution >= 0.6 is 11.8 Å². The van der Waals surface area contributed by atoms with Gasteiger partial charge in [-0.1, -0.05) is 0 Å². The van der Waals surface area contributed by atoms with Gasteiger partial charge >= 0.3 is 5.97 Å². The zero-order valence-corrected chi connectivity index (χ0v) is 11.7. The smallest absolute Gasteiger partial charge is 0.306 e. The van der Waals surface area contributed by atoms with E-state index in [4.69, 9.17) is 5.26 Å². The summed E-state index contributed by atoms with van der Waals surface area (Å²) in [7, 11) is 1.32. The second-order valence-electron chi connectivity index (χ2n) is 4.92. The van der Waals surface area contributed by atoms with Gasteiger partial charge in [0.25, 0.3) is 0 Å². The summed E-state index contributed by atoms with van der Waals surface area (Å²) in [5.74, 6) is -1.31. The number of rotatable bonds is 5. The quantitative estimate of drug-likeness (QED) is 0.618. The molecule has 106 valence electrons. The molecular formula is C14H13F2NO2S. The zero-order valence-electron chi connectivity index (χ0n) is 10.9. The Balaban J connectivity index is 2.05. The van der Waals surface area contributed by atoms with Crippen LogP contribution in [0.3, 0.4) is 0 Å². The summed E-state index contributed by atoms with van der Waals surface area (Å²) >= 11 is 1.05. The number of hydrogen-bond donors (Lipinski definition) is 0. The molecule has 1 fully saturated rings. The van der Waals surface area contributed by atoms with E-state index in [1.807, 2.05) is 0 Å². The van der Waals surface area contributed by atoms with Crippen molar-refractivity contribution in [2.24, 2.45) is 5.41 Å². The van der Waals surface area contributed by atoms with Crippen LogP contribution < -0.4 is 0 Å². The lowest BCUT2D eigenvalue weighted by molar-refractivity contribution is -0.141. The van der Waals surface area contributed by atoms with Gasteiger partial charge in [-0.05, 0) is 30.4 Å². The van der Waals surface area contributed by atoms with E-state index in [1.165, 1.54) is 7.11 Å². The first-order valence-electron chi connectivity index (χ1n) is 6.08. The fourth-order valence-electron chi connectivity index (χ4n) is 1.91. The Morgan fingerprint density at radius 1 is 1.45 bits per heavy atom. The van der Waals surface area contributed by atoms with Gasteiger partial charge in [0.15, 0.2) is 0 Å². The van der Waals surface area contributed by atoms with E-state index in [2.05, 4.69) is 4.74 Å². The lowest BCUT2D eigenvalue weighted by atomic mass is 10.1. The maximum Gasteiger partial charge on any atom is 0.306 e. The van der Waals surface area contributed by atoms with Crippen LogP contribution in [0.4, 0.5) is 8.78 Å². The van der Waals surface area contributed by atoms with Gasteiger partial charge in [0.05, 0.1) is 30.1 Å². The van der Waals surface area contributed by atoms with E-state index in [9.17, 15) is 13.6 Å². The minimum Gasteiger partial charge on any atom is -0.469 e. The first-order chi connectivity index (χ1) is 9.49. The largest absolute Gasteiger partial charge is 0.469 e. The molecule has 0 atom stereocenters. The summed E-state index contributed by atoms with van der Waals surface area (Å²) in [6.45, 7) is 0. The van der Waals surface area contributed by atoms with E-state index in [-0.39, 0.29) is 28.3 Å². The third-order valence-corrected chi connectivity index (χ3v) is 4.79. The minimum atomic E-state index is -0.736. The molecule has 20 heavy (non-hydrogen) atoms. The maximum atomic E-state index is 13.7. The van der Waals surface area contributed by atoms with Crippen LogP contribution in [0.5, 0.6) is 0 Å². The van der Waals surface area contributed by atoms with Gasteiger partial charge in [-0.2, -0.15) is 5.26 Å². The lowest BCUT2D eigenvalue weighted by Crippen LogP contribution is -2.13. The van der Waals surface area contributed by atoms with Crippen LogP contribution in [0.15, 0.2) is 17.0 Å². The molecule has 1 aromatic rings. The number of nitriles is 1. The highest BCUT2D eigenvalue weighted by Gasteiger charge is 2.44. The van der Waals surface area contributed by atoms with E-state index < -0.39 is 11.6 Å². The Morgan fingerprint density at radius 2 is 2.05 bits per heavy atom. The third-order valence-electron chi connectivity index (χ3n) is 3.35. The molecule has 2 rings (SSSR count). The average Bonchev–Trinajstić information content (AvgIpc) is 3.17. The lowest BCUT2D eigenvalue weighted by Gasteiger charge is -2.13. The molecule has 6 heteroatoms. The van der Waals surface area contributed by atoms with Crippen molar-refractivity contribution in [2.45, 2.75) is 24.2 Å². The Labute approximate surface area is 119 Å². The summed E-state index contributed by atoms with van der Waals surface area (Å²) in [5, 5.41) is 8.63. The molecule has 1 aliphatic rings. The predicted molar refractivity (Wildman–Crippen MR) is 70.1 cm³/mol. The van der Waals surface area contributed by atoms with Crippen molar-refractivity contribution in [3.63, 3.8) is 0 Å². The third kappa shape index (κ3) is 3.28. The number of carbonyl (C=O) groups is 1. The number of carbonyl (C=O) groups excluding carboxylic acids is 1. The summed E-state index contributed by atoms with van der Waals surface area (Å²) < 4.78 is 32.1. The molecule has 1 saturated carbocycles. The van der Waals surface area contributed by atoms with Gasteiger partial charge in [0, 0.05) is 5.75 Å². The van der Waals surface area contributed by atoms with Crippen molar-refractivity contribution in [3.8, 4) is 6.07 Å². The molecule has 1 aromatic carbocycles. The Morgan fingerprint density at radius 3 is 2.50 bits per heavy atom.